The average Bonchev–Trinajstić information content (AvgIpc) is 2.94. The number of hydrogen-bond donors (Lipinski definition) is 0. The summed E-state index contributed by atoms with van der Waals surface area (Å²) in [6.07, 6.45) is 1.03. The van der Waals surface area contributed by atoms with Crippen LogP contribution in [0.2, 0.25) is 0 Å². The van der Waals surface area contributed by atoms with Crippen molar-refractivity contribution in [2.45, 2.75) is 12.3 Å². The second-order valence-corrected chi connectivity index (χ2v) is 5.76. The number of hydrogen-bond acceptors (Lipinski definition) is 0. The first kappa shape index (κ1) is 12.7. The molecule has 0 amide bonds. The number of benzene rings is 3. The van der Waals surface area contributed by atoms with Gasteiger partial charge in [0.1, 0.15) is 0 Å². The number of rotatable bonds is 2. The van der Waals surface area contributed by atoms with Gasteiger partial charge in [-0.3, -0.25) is 0 Å². The Morgan fingerprint density at radius 2 is 1.43 bits per heavy atom. The van der Waals surface area contributed by atoms with E-state index in [1.807, 2.05) is 0 Å². The van der Waals surface area contributed by atoms with Gasteiger partial charge in [-0.2, -0.15) is 0 Å². The molecule has 0 spiro atoms. The third-order valence-corrected chi connectivity index (χ3v) is 4.58. The Bertz CT molecular complexity index is 800. The zero-order chi connectivity index (χ0) is 14.2. The Hall–Kier alpha value is -2.05. The summed E-state index contributed by atoms with van der Waals surface area (Å²) >= 11 is 5.88. The van der Waals surface area contributed by atoms with Gasteiger partial charge >= 0.3 is 0 Å². The predicted octanol–water partition coefficient (Wildman–Crippen LogP) is 5.66. The molecular formula is C20H15Cl. The van der Waals surface area contributed by atoms with E-state index in [4.69, 9.17) is 11.6 Å². The standard InChI is InChI=1S/C20H15Cl/c21-13-14-8-10-15(11-9-14)17-6-3-7-19-18-5-2-1-4-16(18)12-20(17)19/h1-11H,12-13H2. The summed E-state index contributed by atoms with van der Waals surface area (Å²) < 4.78 is 0. The van der Waals surface area contributed by atoms with Crippen LogP contribution in [0.15, 0.2) is 66.7 Å². The van der Waals surface area contributed by atoms with Crippen LogP contribution in [0.5, 0.6) is 0 Å². The molecule has 21 heavy (non-hydrogen) atoms. The highest BCUT2D eigenvalue weighted by atomic mass is 35.5. The Kier molecular flexibility index (Phi) is 3.05. The highest BCUT2D eigenvalue weighted by Crippen LogP contribution is 2.41. The highest BCUT2D eigenvalue weighted by molar-refractivity contribution is 6.17. The molecule has 1 aliphatic rings. The summed E-state index contributed by atoms with van der Waals surface area (Å²) in [5, 5.41) is 0. The third kappa shape index (κ3) is 2.07. The van der Waals surface area contributed by atoms with Crippen molar-refractivity contribution in [3.05, 3.63) is 83.4 Å². The van der Waals surface area contributed by atoms with Gasteiger partial charge < -0.3 is 0 Å². The second kappa shape index (κ2) is 5.05. The lowest BCUT2D eigenvalue weighted by Crippen LogP contribution is -1.88. The molecule has 102 valence electrons. The first-order valence-corrected chi connectivity index (χ1v) is 7.76. The fourth-order valence-electron chi connectivity index (χ4n) is 3.20. The van der Waals surface area contributed by atoms with Gasteiger partial charge in [-0.25, -0.2) is 0 Å². The van der Waals surface area contributed by atoms with E-state index in [0.717, 1.165) is 12.0 Å². The SMILES string of the molecule is ClCc1ccc(-c2cccc3c2Cc2ccccc2-3)cc1. The zero-order valence-corrected chi connectivity index (χ0v) is 12.4. The molecule has 0 saturated heterocycles. The van der Waals surface area contributed by atoms with Crippen molar-refractivity contribution < 1.29 is 0 Å². The summed E-state index contributed by atoms with van der Waals surface area (Å²) in [5.41, 5.74) is 9.40. The lowest BCUT2D eigenvalue weighted by molar-refractivity contribution is 1.26. The van der Waals surface area contributed by atoms with Gasteiger partial charge in [-0.1, -0.05) is 66.7 Å². The maximum Gasteiger partial charge on any atom is 0.0474 e. The first-order valence-electron chi connectivity index (χ1n) is 7.22. The van der Waals surface area contributed by atoms with E-state index in [9.17, 15) is 0 Å². The van der Waals surface area contributed by atoms with Crippen molar-refractivity contribution in [2.75, 3.05) is 0 Å². The van der Waals surface area contributed by atoms with Crippen molar-refractivity contribution in [3.8, 4) is 22.3 Å². The van der Waals surface area contributed by atoms with Crippen molar-refractivity contribution in [1.29, 1.82) is 0 Å². The molecule has 0 aromatic heterocycles. The maximum atomic E-state index is 5.88. The van der Waals surface area contributed by atoms with E-state index in [1.165, 1.54) is 33.4 Å². The van der Waals surface area contributed by atoms with Crippen molar-refractivity contribution in [3.63, 3.8) is 0 Å². The van der Waals surface area contributed by atoms with E-state index >= 15 is 0 Å². The lowest BCUT2D eigenvalue weighted by Gasteiger charge is -2.09. The molecule has 0 bridgehead atoms. The molecule has 0 aliphatic heterocycles. The van der Waals surface area contributed by atoms with Gasteiger partial charge in [0, 0.05) is 5.88 Å². The Morgan fingerprint density at radius 1 is 0.714 bits per heavy atom. The van der Waals surface area contributed by atoms with Gasteiger partial charge in [0.25, 0.3) is 0 Å². The molecule has 0 heterocycles. The van der Waals surface area contributed by atoms with Crippen LogP contribution in [0.4, 0.5) is 0 Å². The van der Waals surface area contributed by atoms with Crippen LogP contribution in [0.25, 0.3) is 22.3 Å². The predicted molar refractivity (Wildman–Crippen MR) is 89.7 cm³/mol. The zero-order valence-electron chi connectivity index (χ0n) is 11.6. The van der Waals surface area contributed by atoms with E-state index in [2.05, 4.69) is 66.7 Å². The molecule has 0 N–H and O–H groups in total. The molecule has 3 aromatic carbocycles. The minimum absolute atomic E-state index is 0.568. The molecule has 0 unspecified atom stereocenters. The summed E-state index contributed by atoms with van der Waals surface area (Å²) in [5.74, 6) is 0.568. The number of fused-ring (bicyclic) bond motifs is 3. The van der Waals surface area contributed by atoms with Crippen LogP contribution in [0.3, 0.4) is 0 Å². The molecule has 1 aliphatic carbocycles. The minimum Gasteiger partial charge on any atom is -0.122 e. The van der Waals surface area contributed by atoms with Crippen molar-refractivity contribution in [2.24, 2.45) is 0 Å². The smallest absolute Gasteiger partial charge is 0.0474 e. The van der Waals surface area contributed by atoms with Crippen molar-refractivity contribution in [1.82, 2.24) is 0 Å². The summed E-state index contributed by atoms with van der Waals surface area (Å²) in [6.45, 7) is 0. The van der Waals surface area contributed by atoms with E-state index in [0.29, 0.717) is 5.88 Å². The second-order valence-electron chi connectivity index (χ2n) is 5.50. The quantitative estimate of drug-likeness (QED) is 0.418. The molecule has 0 fully saturated rings. The van der Waals surface area contributed by atoms with Crippen LogP contribution in [0.1, 0.15) is 16.7 Å². The normalized spacial score (nSPS) is 12.0. The molecule has 0 radical (unpaired) electrons. The Morgan fingerprint density at radius 3 is 2.24 bits per heavy atom. The van der Waals surface area contributed by atoms with Crippen molar-refractivity contribution >= 4 is 11.6 Å². The molecule has 1 heteroatoms. The van der Waals surface area contributed by atoms with Gasteiger partial charge in [0.15, 0.2) is 0 Å². The molecule has 0 atom stereocenters. The third-order valence-electron chi connectivity index (χ3n) is 4.27. The Labute approximate surface area is 130 Å². The van der Waals surface area contributed by atoms with Crippen LogP contribution >= 0.6 is 11.6 Å². The fourth-order valence-corrected chi connectivity index (χ4v) is 3.38. The summed E-state index contributed by atoms with van der Waals surface area (Å²) in [4.78, 5) is 0. The lowest BCUT2D eigenvalue weighted by atomic mass is 9.95. The van der Waals surface area contributed by atoms with Crippen LogP contribution in [-0.2, 0) is 12.3 Å². The number of alkyl halides is 1. The topological polar surface area (TPSA) is 0 Å². The summed E-state index contributed by atoms with van der Waals surface area (Å²) in [7, 11) is 0. The fraction of sp³-hybridized carbons (Fsp3) is 0.100. The number of halogens is 1. The van der Waals surface area contributed by atoms with Crippen LogP contribution in [-0.4, -0.2) is 0 Å². The van der Waals surface area contributed by atoms with E-state index in [-0.39, 0.29) is 0 Å². The monoisotopic (exact) mass is 290 g/mol. The molecule has 0 nitrogen and oxygen atoms in total. The van der Waals surface area contributed by atoms with Gasteiger partial charge in [-0.15, -0.1) is 11.6 Å². The first-order chi connectivity index (χ1) is 10.4. The molecule has 0 saturated carbocycles. The van der Waals surface area contributed by atoms with Gasteiger partial charge in [0.05, 0.1) is 0 Å². The van der Waals surface area contributed by atoms with Crippen LogP contribution in [0, 0.1) is 0 Å². The van der Waals surface area contributed by atoms with E-state index < -0.39 is 0 Å². The van der Waals surface area contributed by atoms with Crippen LogP contribution < -0.4 is 0 Å². The highest BCUT2D eigenvalue weighted by Gasteiger charge is 2.20. The largest absolute Gasteiger partial charge is 0.122 e. The molecule has 4 rings (SSSR count). The average molecular weight is 291 g/mol. The van der Waals surface area contributed by atoms with E-state index in [1.54, 1.807) is 0 Å². The van der Waals surface area contributed by atoms with Gasteiger partial charge in [0.2, 0.25) is 0 Å². The molecular weight excluding hydrogens is 276 g/mol. The minimum atomic E-state index is 0.568. The summed E-state index contributed by atoms with van der Waals surface area (Å²) in [6, 6.07) is 23.9. The molecule has 3 aromatic rings. The Balaban J connectivity index is 1.85. The maximum absolute atomic E-state index is 5.88. The van der Waals surface area contributed by atoms with Gasteiger partial charge in [-0.05, 0) is 45.4 Å².